The number of carbonyl (C=O) groups excluding carboxylic acids is 2. The van der Waals surface area contributed by atoms with E-state index >= 15 is 0 Å². The zero-order chi connectivity index (χ0) is 28.2. The Morgan fingerprint density at radius 1 is 1.05 bits per heavy atom. The van der Waals surface area contributed by atoms with Crippen molar-refractivity contribution in [3.63, 3.8) is 0 Å². The lowest BCUT2D eigenvalue weighted by Crippen LogP contribution is -2.55. The van der Waals surface area contributed by atoms with Crippen molar-refractivity contribution >= 4 is 66.1 Å². The molecule has 216 valence electrons. The Labute approximate surface area is 242 Å². The van der Waals surface area contributed by atoms with Crippen molar-refractivity contribution in [2.75, 3.05) is 31.9 Å². The third-order valence-corrected chi connectivity index (χ3v) is 12.7. The summed E-state index contributed by atoms with van der Waals surface area (Å²) >= 11 is 8.45. The zero-order valence-electron chi connectivity index (χ0n) is 21.6. The molecule has 10 nitrogen and oxygen atoms in total. The van der Waals surface area contributed by atoms with E-state index in [1.165, 1.54) is 22.3 Å². The molecular formula is C24H33ClN4O6S4. The van der Waals surface area contributed by atoms with Crippen LogP contribution in [0.5, 0.6) is 0 Å². The van der Waals surface area contributed by atoms with Gasteiger partial charge in [0.2, 0.25) is 21.8 Å². The fourth-order valence-corrected chi connectivity index (χ4v) is 9.70. The standard InChI is InChI=1S/C24H33ClN4O6S4/c1-2-3-14-38(32,33)26-15-17-6-4-13-29(17)22(30)16-28-12-5-7-18(24(28)31)27-39(34,35)23-11-9-20(37-23)19-8-10-21(25)36-19/h8-11,17-18,26-27H,2-7,12-16H2,1H3/t17-,18+/m1/s1. The van der Waals surface area contributed by atoms with Gasteiger partial charge in [0, 0.05) is 35.4 Å². The van der Waals surface area contributed by atoms with Crippen molar-refractivity contribution in [2.45, 2.75) is 61.7 Å². The third-order valence-electron chi connectivity index (χ3n) is 6.82. The number of piperidine rings is 1. The highest BCUT2D eigenvalue weighted by Gasteiger charge is 2.36. The molecule has 0 spiro atoms. The molecule has 4 rings (SSSR count). The van der Waals surface area contributed by atoms with Gasteiger partial charge in [-0.1, -0.05) is 24.9 Å². The fraction of sp³-hybridized carbons (Fsp3) is 0.583. The molecule has 2 aliphatic heterocycles. The number of carbonyl (C=O) groups is 2. The molecule has 0 aromatic carbocycles. The Morgan fingerprint density at radius 3 is 2.49 bits per heavy atom. The van der Waals surface area contributed by atoms with E-state index < -0.39 is 32.0 Å². The van der Waals surface area contributed by atoms with Crippen LogP contribution in [0.4, 0.5) is 0 Å². The van der Waals surface area contributed by atoms with E-state index in [0.29, 0.717) is 43.1 Å². The molecule has 0 radical (unpaired) electrons. The first-order valence-electron chi connectivity index (χ1n) is 12.9. The van der Waals surface area contributed by atoms with Crippen LogP contribution >= 0.6 is 34.3 Å². The summed E-state index contributed by atoms with van der Waals surface area (Å²) in [7, 11) is -7.34. The summed E-state index contributed by atoms with van der Waals surface area (Å²) in [6.07, 6.45) is 3.67. The molecule has 0 aliphatic carbocycles. The number of hydrogen-bond donors (Lipinski definition) is 2. The molecular weight excluding hydrogens is 604 g/mol. The third kappa shape index (κ3) is 7.80. The minimum Gasteiger partial charge on any atom is -0.337 e. The van der Waals surface area contributed by atoms with Gasteiger partial charge in [-0.3, -0.25) is 9.59 Å². The van der Waals surface area contributed by atoms with Crippen molar-refractivity contribution in [3.05, 3.63) is 28.6 Å². The van der Waals surface area contributed by atoms with Crippen LogP contribution in [0.25, 0.3) is 9.75 Å². The lowest BCUT2D eigenvalue weighted by Gasteiger charge is -2.34. The summed E-state index contributed by atoms with van der Waals surface area (Å²) in [5.41, 5.74) is 0. The van der Waals surface area contributed by atoms with E-state index in [2.05, 4.69) is 9.44 Å². The number of sulfonamides is 2. The Balaban J connectivity index is 1.35. The SMILES string of the molecule is CCCCS(=O)(=O)NC[C@H]1CCCN1C(=O)CN1CCC[C@H](NS(=O)(=O)c2ccc(-c3ccc(Cl)s3)s2)C1=O. The maximum atomic E-state index is 13.2. The molecule has 0 saturated carbocycles. The number of rotatable bonds is 12. The predicted octanol–water partition coefficient (Wildman–Crippen LogP) is 3.11. The van der Waals surface area contributed by atoms with Crippen LogP contribution in [0.15, 0.2) is 28.5 Å². The van der Waals surface area contributed by atoms with Gasteiger partial charge in [0.1, 0.15) is 10.3 Å². The summed E-state index contributed by atoms with van der Waals surface area (Å²) in [5.74, 6) is -0.644. The van der Waals surface area contributed by atoms with Crippen LogP contribution in [0.3, 0.4) is 0 Å². The van der Waals surface area contributed by atoms with Crippen LogP contribution in [0, 0.1) is 0 Å². The van der Waals surface area contributed by atoms with E-state index in [-0.39, 0.29) is 35.0 Å². The van der Waals surface area contributed by atoms with Crippen molar-refractivity contribution in [1.82, 2.24) is 19.2 Å². The van der Waals surface area contributed by atoms with Crippen molar-refractivity contribution in [1.29, 1.82) is 0 Å². The molecule has 2 atom stereocenters. The average molecular weight is 637 g/mol. The minimum absolute atomic E-state index is 0.0545. The maximum Gasteiger partial charge on any atom is 0.250 e. The van der Waals surface area contributed by atoms with E-state index in [1.807, 2.05) is 13.0 Å². The summed E-state index contributed by atoms with van der Waals surface area (Å²) in [6.45, 7) is 2.75. The van der Waals surface area contributed by atoms with Crippen LogP contribution in [0.1, 0.15) is 45.4 Å². The molecule has 2 aromatic heterocycles. The lowest BCUT2D eigenvalue weighted by molar-refractivity contribution is -0.143. The Morgan fingerprint density at radius 2 is 1.77 bits per heavy atom. The minimum atomic E-state index is -3.95. The van der Waals surface area contributed by atoms with Gasteiger partial charge in [-0.2, -0.15) is 4.72 Å². The monoisotopic (exact) mass is 636 g/mol. The highest BCUT2D eigenvalue weighted by Crippen LogP contribution is 2.37. The molecule has 2 aliphatic rings. The average Bonchev–Trinajstić information content (AvgIpc) is 3.65. The summed E-state index contributed by atoms with van der Waals surface area (Å²) < 4.78 is 56.4. The second kappa shape index (κ2) is 13.0. The van der Waals surface area contributed by atoms with Gasteiger partial charge in [-0.25, -0.2) is 21.6 Å². The normalized spacial score (nSPS) is 20.6. The first kappa shape index (κ1) is 30.4. The molecule has 39 heavy (non-hydrogen) atoms. The highest BCUT2D eigenvalue weighted by atomic mass is 35.5. The summed E-state index contributed by atoms with van der Waals surface area (Å²) in [4.78, 5) is 31.0. The fourth-order valence-electron chi connectivity index (χ4n) is 4.76. The largest absolute Gasteiger partial charge is 0.337 e. The zero-order valence-corrected chi connectivity index (χ0v) is 25.6. The molecule has 2 fully saturated rings. The van der Waals surface area contributed by atoms with E-state index in [0.717, 1.165) is 33.9 Å². The van der Waals surface area contributed by atoms with Gasteiger partial charge < -0.3 is 9.80 Å². The highest BCUT2D eigenvalue weighted by molar-refractivity contribution is 7.91. The first-order chi connectivity index (χ1) is 18.5. The second-order valence-electron chi connectivity index (χ2n) is 9.70. The van der Waals surface area contributed by atoms with Gasteiger partial charge in [-0.05, 0) is 56.4 Å². The van der Waals surface area contributed by atoms with Crippen LogP contribution in [-0.2, 0) is 29.6 Å². The number of likely N-dealkylation sites (tertiary alicyclic amines) is 2. The topological polar surface area (TPSA) is 133 Å². The van der Waals surface area contributed by atoms with E-state index in [1.54, 1.807) is 17.0 Å². The van der Waals surface area contributed by atoms with Crippen LogP contribution in [0.2, 0.25) is 4.34 Å². The van der Waals surface area contributed by atoms with E-state index in [9.17, 15) is 26.4 Å². The van der Waals surface area contributed by atoms with Gasteiger partial charge >= 0.3 is 0 Å². The van der Waals surface area contributed by atoms with Gasteiger partial charge in [0.15, 0.2) is 0 Å². The number of thiophene rings is 2. The van der Waals surface area contributed by atoms with Crippen molar-refractivity contribution in [3.8, 4) is 9.75 Å². The molecule has 0 bridgehead atoms. The number of nitrogens with zero attached hydrogens (tertiary/aromatic N) is 2. The quantitative estimate of drug-likeness (QED) is 0.368. The number of amides is 2. The van der Waals surface area contributed by atoms with Crippen molar-refractivity contribution in [2.24, 2.45) is 0 Å². The van der Waals surface area contributed by atoms with Crippen LogP contribution < -0.4 is 9.44 Å². The maximum absolute atomic E-state index is 13.2. The lowest BCUT2D eigenvalue weighted by atomic mass is 10.1. The Bertz CT molecular complexity index is 1390. The summed E-state index contributed by atoms with van der Waals surface area (Å²) in [6, 6.07) is 5.57. The second-order valence-corrected chi connectivity index (χ2v) is 16.4. The molecule has 2 aromatic rings. The Kier molecular flexibility index (Phi) is 10.1. The molecule has 0 unspecified atom stereocenters. The number of halogens is 1. The molecule has 2 saturated heterocycles. The number of nitrogens with one attached hydrogen (secondary N) is 2. The smallest absolute Gasteiger partial charge is 0.250 e. The Hall–Kier alpha value is -1.55. The van der Waals surface area contributed by atoms with Crippen molar-refractivity contribution < 1.29 is 26.4 Å². The predicted molar refractivity (Wildman–Crippen MR) is 154 cm³/mol. The summed E-state index contributed by atoms with van der Waals surface area (Å²) in [5, 5.41) is 0. The van der Waals surface area contributed by atoms with Crippen LogP contribution in [-0.4, -0.2) is 82.5 Å². The number of unbranched alkanes of at least 4 members (excludes halogenated alkanes) is 1. The first-order valence-corrected chi connectivity index (χ1v) is 18.1. The molecule has 2 amide bonds. The van der Waals surface area contributed by atoms with Gasteiger partial charge in [-0.15, -0.1) is 22.7 Å². The van der Waals surface area contributed by atoms with Gasteiger partial charge in [0.05, 0.1) is 16.6 Å². The molecule has 15 heteroatoms. The van der Waals surface area contributed by atoms with E-state index in [4.69, 9.17) is 11.6 Å². The molecule has 2 N–H and O–H groups in total. The number of hydrogen-bond acceptors (Lipinski definition) is 8. The van der Waals surface area contributed by atoms with Gasteiger partial charge in [0.25, 0.3) is 10.0 Å². The molecule has 4 heterocycles.